The fraction of sp³-hybridized carbons (Fsp3) is 0.619. The molecular formula is C21H31NO5. The zero-order chi connectivity index (χ0) is 19.6. The molecule has 1 saturated carbocycles. The SMILES string of the molecule is CCCOc1ccc(C(=O)O[C@H](C)C(=O)NCC2CCCCC2)cc1OC. The van der Waals surface area contributed by atoms with E-state index in [2.05, 4.69) is 5.32 Å². The fourth-order valence-corrected chi connectivity index (χ4v) is 3.19. The van der Waals surface area contributed by atoms with Gasteiger partial charge in [0.15, 0.2) is 17.6 Å². The van der Waals surface area contributed by atoms with E-state index in [-0.39, 0.29) is 5.91 Å². The molecular weight excluding hydrogens is 346 g/mol. The van der Waals surface area contributed by atoms with Crippen LogP contribution in [-0.2, 0) is 9.53 Å². The van der Waals surface area contributed by atoms with Crippen LogP contribution in [0.4, 0.5) is 0 Å². The summed E-state index contributed by atoms with van der Waals surface area (Å²) in [6.07, 6.45) is 6.07. The fourth-order valence-electron chi connectivity index (χ4n) is 3.19. The lowest BCUT2D eigenvalue weighted by Crippen LogP contribution is -2.38. The molecule has 6 nitrogen and oxygen atoms in total. The highest BCUT2D eigenvalue weighted by Gasteiger charge is 2.21. The van der Waals surface area contributed by atoms with Crippen LogP contribution in [0.3, 0.4) is 0 Å². The summed E-state index contributed by atoms with van der Waals surface area (Å²) in [7, 11) is 1.52. The second-order valence-corrected chi connectivity index (χ2v) is 7.01. The zero-order valence-corrected chi connectivity index (χ0v) is 16.6. The summed E-state index contributed by atoms with van der Waals surface area (Å²) in [5.74, 6) is 0.756. The van der Waals surface area contributed by atoms with Crippen LogP contribution in [0.5, 0.6) is 11.5 Å². The van der Waals surface area contributed by atoms with Crippen LogP contribution >= 0.6 is 0 Å². The van der Waals surface area contributed by atoms with Crippen LogP contribution in [0.1, 0.15) is 62.7 Å². The van der Waals surface area contributed by atoms with Gasteiger partial charge in [-0.15, -0.1) is 0 Å². The van der Waals surface area contributed by atoms with Gasteiger partial charge in [-0.1, -0.05) is 26.2 Å². The number of methoxy groups -OCH3 is 1. The molecule has 1 aliphatic carbocycles. The molecule has 0 heterocycles. The van der Waals surface area contributed by atoms with Gasteiger partial charge in [-0.2, -0.15) is 0 Å². The first-order chi connectivity index (χ1) is 13.0. The van der Waals surface area contributed by atoms with Crippen molar-refractivity contribution in [3.63, 3.8) is 0 Å². The molecule has 1 aliphatic rings. The van der Waals surface area contributed by atoms with E-state index in [0.29, 0.717) is 36.1 Å². The highest BCUT2D eigenvalue weighted by atomic mass is 16.5. The van der Waals surface area contributed by atoms with E-state index in [4.69, 9.17) is 14.2 Å². The predicted molar refractivity (Wildman–Crippen MR) is 103 cm³/mol. The maximum atomic E-state index is 12.4. The van der Waals surface area contributed by atoms with Crippen LogP contribution in [0.25, 0.3) is 0 Å². The Hall–Kier alpha value is -2.24. The van der Waals surface area contributed by atoms with E-state index in [0.717, 1.165) is 19.3 Å². The summed E-state index contributed by atoms with van der Waals surface area (Å²) in [5.41, 5.74) is 0.322. The maximum absolute atomic E-state index is 12.4. The topological polar surface area (TPSA) is 73.9 Å². The molecule has 1 amide bonds. The smallest absolute Gasteiger partial charge is 0.339 e. The van der Waals surface area contributed by atoms with Gasteiger partial charge in [-0.3, -0.25) is 4.79 Å². The van der Waals surface area contributed by atoms with Crippen LogP contribution in [0.2, 0.25) is 0 Å². The number of carbonyl (C=O) groups is 2. The third kappa shape index (κ3) is 6.45. The van der Waals surface area contributed by atoms with Crippen molar-refractivity contribution in [3.8, 4) is 11.5 Å². The molecule has 0 bridgehead atoms. The Labute approximate surface area is 161 Å². The standard InChI is InChI=1S/C21H31NO5/c1-4-12-26-18-11-10-17(13-19(18)25-3)21(24)27-15(2)20(23)22-14-16-8-6-5-7-9-16/h10-11,13,15-16H,4-9,12,14H2,1-3H3,(H,22,23)/t15-/m1/s1. The van der Waals surface area contributed by atoms with Gasteiger partial charge in [0.2, 0.25) is 0 Å². The minimum absolute atomic E-state index is 0.260. The highest BCUT2D eigenvalue weighted by molar-refractivity contribution is 5.92. The molecule has 0 saturated heterocycles. The van der Waals surface area contributed by atoms with Gasteiger partial charge in [-0.25, -0.2) is 4.79 Å². The van der Waals surface area contributed by atoms with E-state index >= 15 is 0 Å². The Bertz CT molecular complexity index is 625. The van der Waals surface area contributed by atoms with Crippen LogP contribution in [0.15, 0.2) is 18.2 Å². The predicted octanol–water partition coefficient (Wildman–Crippen LogP) is 3.73. The number of amides is 1. The van der Waals surface area contributed by atoms with Crippen LogP contribution in [0, 0.1) is 5.92 Å². The molecule has 0 spiro atoms. The first-order valence-corrected chi connectivity index (χ1v) is 9.84. The number of benzene rings is 1. The van der Waals surface area contributed by atoms with Crippen molar-refractivity contribution in [2.75, 3.05) is 20.3 Å². The Balaban J connectivity index is 1.87. The van der Waals surface area contributed by atoms with Crippen LogP contribution < -0.4 is 14.8 Å². The summed E-state index contributed by atoms with van der Waals surface area (Å²) in [6.45, 7) is 4.82. The number of hydrogen-bond acceptors (Lipinski definition) is 5. The van der Waals surface area contributed by atoms with Gasteiger partial charge >= 0.3 is 5.97 Å². The molecule has 1 aromatic rings. The zero-order valence-electron chi connectivity index (χ0n) is 16.6. The highest BCUT2D eigenvalue weighted by Crippen LogP contribution is 2.28. The molecule has 1 N–H and O–H groups in total. The average Bonchev–Trinajstić information content (AvgIpc) is 2.70. The summed E-state index contributed by atoms with van der Waals surface area (Å²) in [5, 5.41) is 2.90. The number of rotatable bonds is 9. The Morgan fingerprint density at radius 2 is 1.93 bits per heavy atom. The normalized spacial score (nSPS) is 15.7. The lowest BCUT2D eigenvalue weighted by molar-refractivity contribution is -0.129. The summed E-state index contributed by atoms with van der Waals surface area (Å²) < 4.78 is 16.2. The quantitative estimate of drug-likeness (QED) is 0.664. The molecule has 27 heavy (non-hydrogen) atoms. The van der Waals surface area contributed by atoms with E-state index < -0.39 is 12.1 Å². The summed E-state index contributed by atoms with van der Waals surface area (Å²) in [4.78, 5) is 24.6. The number of hydrogen-bond donors (Lipinski definition) is 1. The average molecular weight is 377 g/mol. The second-order valence-electron chi connectivity index (χ2n) is 7.01. The number of nitrogens with one attached hydrogen (secondary N) is 1. The summed E-state index contributed by atoms with van der Waals surface area (Å²) in [6, 6.07) is 4.86. The van der Waals surface area contributed by atoms with Gasteiger partial charge in [0.1, 0.15) is 0 Å². The first kappa shape index (κ1) is 21.1. The van der Waals surface area contributed by atoms with Crippen molar-refractivity contribution in [1.29, 1.82) is 0 Å². The Morgan fingerprint density at radius 1 is 1.19 bits per heavy atom. The molecule has 150 valence electrons. The number of carbonyl (C=O) groups excluding carboxylic acids is 2. The second kappa shape index (κ2) is 10.8. The van der Waals surface area contributed by atoms with E-state index in [1.165, 1.54) is 26.4 Å². The first-order valence-electron chi connectivity index (χ1n) is 9.84. The molecule has 1 atom stereocenters. The summed E-state index contributed by atoms with van der Waals surface area (Å²) >= 11 is 0. The van der Waals surface area contributed by atoms with E-state index in [1.807, 2.05) is 6.92 Å². The lowest BCUT2D eigenvalue weighted by Gasteiger charge is -2.22. The van der Waals surface area contributed by atoms with Gasteiger partial charge in [0.05, 0.1) is 19.3 Å². The van der Waals surface area contributed by atoms with E-state index in [9.17, 15) is 9.59 Å². The van der Waals surface area contributed by atoms with Gasteiger partial charge in [-0.05, 0) is 50.3 Å². The third-order valence-electron chi connectivity index (χ3n) is 4.80. The minimum Gasteiger partial charge on any atom is -0.493 e. The minimum atomic E-state index is -0.844. The number of ether oxygens (including phenoxy) is 3. The molecule has 2 rings (SSSR count). The van der Waals surface area contributed by atoms with Crippen molar-refractivity contribution >= 4 is 11.9 Å². The number of esters is 1. The molecule has 6 heteroatoms. The lowest BCUT2D eigenvalue weighted by atomic mass is 9.89. The van der Waals surface area contributed by atoms with Crippen LogP contribution in [-0.4, -0.2) is 38.2 Å². The van der Waals surface area contributed by atoms with Crippen molar-refractivity contribution in [3.05, 3.63) is 23.8 Å². The molecule has 1 fully saturated rings. The van der Waals surface area contributed by atoms with E-state index in [1.54, 1.807) is 25.1 Å². The Kier molecular flexibility index (Phi) is 8.43. The molecule has 0 aliphatic heterocycles. The van der Waals surface area contributed by atoms with Gasteiger partial charge in [0.25, 0.3) is 5.91 Å². The molecule has 0 aromatic heterocycles. The van der Waals surface area contributed by atoms with Crippen molar-refractivity contribution in [1.82, 2.24) is 5.32 Å². The van der Waals surface area contributed by atoms with Gasteiger partial charge < -0.3 is 19.5 Å². The molecule has 0 radical (unpaired) electrons. The van der Waals surface area contributed by atoms with Crippen molar-refractivity contribution in [2.45, 2.75) is 58.5 Å². The Morgan fingerprint density at radius 3 is 2.59 bits per heavy atom. The third-order valence-corrected chi connectivity index (χ3v) is 4.80. The molecule has 1 aromatic carbocycles. The largest absolute Gasteiger partial charge is 0.493 e. The maximum Gasteiger partial charge on any atom is 0.339 e. The van der Waals surface area contributed by atoms with Crippen molar-refractivity contribution < 1.29 is 23.8 Å². The van der Waals surface area contributed by atoms with Crippen molar-refractivity contribution in [2.24, 2.45) is 5.92 Å². The van der Waals surface area contributed by atoms with Gasteiger partial charge in [0, 0.05) is 6.54 Å². The monoisotopic (exact) mass is 377 g/mol. The molecule has 0 unspecified atom stereocenters.